The number of pyridine rings is 1. The highest BCUT2D eigenvalue weighted by molar-refractivity contribution is 5.87. The Kier molecular flexibility index (Phi) is 3.39. The molecule has 70 valence electrons. The summed E-state index contributed by atoms with van der Waals surface area (Å²) in [5, 5.41) is 8.64. The van der Waals surface area contributed by atoms with Crippen molar-refractivity contribution in [1.82, 2.24) is 4.98 Å². The number of hydrogen-bond donors (Lipinski definition) is 1. The maximum Gasteiger partial charge on any atom is 0.337 e. The van der Waals surface area contributed by atoms with Gasteiger partial charge in [-0.3, -0.25) is 4.98 Å². The number of aldehydes is 1. The first-order valence-corrected chi connectivity index (χ1v) is 3.85. The monoisotopic (exact) mass is 189 g/mol. The number of hydrogen-bond acceptors (Lipinski definition) is 3. The van der Waals surface area contributed by atoms with E-state index in [4.69, 9.17) is 5.11 Å². The molecule has 0 radical (unpaired) electrons. The van der Waals surface area contributed by atoms with Crippen LogP contribution in [0.4, 0.5) is 0 Å². The van der Waals surface area contributed by atoms with E-state index < -0.39 is 5.97 Å². The second-order valence-corrected chi connectivity index (χ2v) is 2.44. The fraction of sp³-hybridized carbons (Fsp3) is 0.100. The zero-order chi connectivity index (χ0) is 10.4. The van der Waals surface area contributed by atoms with Crippen molar-refractivity contribution < 1.29 is 14.7 Å². The van der Waals surface area contributed by atoms with E-state index in [9.17, 15) is 9.59 Å². The highest BCUT2D eigenvalue weighted by Gasteiger charge is 2.01. The normalized spacial score (nSPS) is 8.57. The van der Waals surface area contributed by atoms with Crippen LogP contribution in [0.2, 0.25) is 0 Å². The Bertz CT molecular complexity index is 415. The van der Waals surface area contributed by atoms with Gasteiger partial charge in [-0.15, -0.1) is 0 Å². The lowest BCUT2D eigenvalue weighted by Gasteiger charge is -1.93. The molecule has 0 amide bonds. The first kappa shape index (κ1) is 9.93. The molecule has 0 aliphatic rings. The van der Waals surface area contributed by atoms with Crippen LogP contribution in [0.1, 0.15) is 22.3 Å². The van der Waals surface area contributed by atoms with Crippen LogP contribution in [-0.2, 0) is 4.79 Å². The van der Waals surface area contributed by atoms with Crippen LogP contribution in [0.25, 0.3) is 0 Å². The van der Waals surface area contributed by atoms with Gasteiger partial charge in [0, 0.05) is 18.0 Å². The van der Waals surface area contributed by atoms with Crippen molar-refractivity contribution in [3.63, 3.8) is 0 Å². The van der Waals surface area contributed by atoms with Crippen LogP contribution in [0.15, 0.2) is 18.5 Å². The molecule has 1 heterocycles. The highest BCUT2D eigenvalue weighted by atomic mass is 16.4. The van der Waals surface area contributed by atoms with Crippen LogP contribution < -0.4 is 0 Å². The molecule has 1 N–H and O–H groups in total. The lowest BCUT2D eigenvalue weighted by atomic mass is 10.2. The maximum absolute atomic E-state index is 10.5. The summed E-state index contributed by atoms with van der Waals surface area (Å²) in [5.74, 6) is 4.16. The van der Waals surface area contributed by atoms with Crippen LogP contribution in [0.5, 0.6) is 0 Å². The number of carbonyl (C=O) groups excluding carboxylic acids is 1. The third-order valence-corrected chi connectivity index (χ3v) is 1.40. The number of carboxylic acid groups (broad SMARTS) is 1. The lowest BCUT2D eigenvalue weighted by Crippen LogP contribution is -1.97. The van der Waals surface area contributed by atoms with Gasteiger partial charge >= 0.3 is 5.97 Å². The van der Waals surface area contributed by atoms with E-state index in [1.54, 1.807) is 0 Å². The Morgan fingerprint density at radius 3 is 3.00 bits per heavy atom. The minimum Gasteiger partial charge on any atom is -0.478 e. The molecule has 0 aliphatic carbocycles. The lowest BCUT2D eigenvalue weighted by molar-refractivity contribution is -0.107. The predicted octanol–water partition coefficient (Wildman–Crippen LogP) is 0.720. The fourth-order valence-corrected chi connectivity index (χ4v) is 0.820. The van der Waals surface area contributed by atoms with Gasteiger partial charge in [0.05, 0.1) is 12.0 Å². The number of carboxylic acids is 1. The van der Waals surface area contributed by atoms with Gasteiger partial charge in [-0.2, -0.15) is 0 Å². The van der Waals surface area contributed by atoms with Gasteiger partial charge in [0.15, 0.2) is 0 Å². The minimum absolute atomic E-state index is 0.0860. The first-order valence-electron chi connectivity index (χ1n) is 3.85. The Hall–Kier alpha value is -2.15. The van der Waals surface area contributed by atoms with E-state index >= 15 is 0 Å². The van der Waals surface area contributed by atoms with Gasteiger partial charge in [-0.25, -0.2) is 4.79 Å². The summed E-state index contributed by atoms with van der Waals surface area (Å²) in [6.45, 7) is 0. The predicted molar refractivity (Wildman–Crippen MR) is 48.8 cm³/mol. The van der Waals surface area contributed by atoms with Gasteiger partial charge in [-0.05, 0) is 6.07 Å². The molecule has 0 aromatic carbocycles. The summed E-state index contributed by atoms with van der Waals surface area (Å²) in [5.41, 5.74) is 0.578. The third-order valence-electron chi connectivity index (χ3n) is 1.40. The van der Waals surface area contributed by atoms with Crippen molar-refractivity contribution in [2.75, 3.05) is 0 Å². The quantitative estimate of drug-likeness (QED) is 0.549. The Labute approximate surface area is 80.6 Å². The van der Waals surface area contributed by atoms with E-state index in [0.717, 1.165) is 0 Å². The zero-order valence-corrected chi connectivity index (χ0v) is 7.23. The molecule has 0 saturated heterocycles. The van der Waals surface area contributed by atoms with Crippen molar-refractivity contribution in [2.45, 2.75) is 6.42 Å². The summed E-state index contributed by atoms with van der Waals surface area (Å²) < 4.78 is 0. The molecule has 0 unspecified atom stereocenters. The van der Waals surface area contributed by atoms with Gasteiger partial charge in [-0.1, -0.05) is 11.8 Å². The maximum atomic E-state index is 10.5. The van der Waals surface area contributed by atoms with Crippen molar-refractivity contribution in [2.24, 2.45) is 0 Å². The summed E-state index contributed by atoms with van der Waals surface area (Å²) in [6, 6.07) is 1.41. The number of carbonyl (C=O) groups is 2. The van der Waals surface area contributed by atoms with Crippen molar-refractivity contribution in [3.8, 4) is 11.8 Å². The van der Waals surface area contributed by atoms with Gasteiger partial charge < -0.3 is 9.90 Å². The number of rotatable bonds is 2. The van der Waals surface area contributed by atoms with Crippen LogP contribution in [-0.4, -0.2) is 22.3 Å². The van der Waals surface area contributed by atoms with Crippen LogP contribution in [0, 0.1) is 11.8 Å². The highest BCUT2D eigenvalue weighted by Crippen LogP contribution is 2.00. The molecule has 4 nitrogen and oxygen atoms in total. The SMILES string of the molecule is O=CCC#Cc1cncc(C(=O)O)c1. The second kappa shape index (κ2) is 4.77. The Balaban J connectivity index is 2.90. The second-order valence-electron chi connectivity index (χ2n) is 2.44. The van der Waals surface area contributed by atoms with Gasteiger partial charge in [0.25, 0.3) is 0 Å². The molecule has 0 fully saturated rings. The largest absolute Gasteiger partial charge is 0.478 e. The topological polar surface area (TPSA) is 67.3 Å². The molecule has 0 saturated carbocycles. The smallest absolute Gasteiger partial charge is 0.337 e. The fourth-order valence-electron chi connectivity index (χ4n) is 0.820. The van der Waals surface area contributed by atoms with Gasteiger partial charge in [0.1, 0.15) is 6.29 Å². The van der Waals surface area contributed by atoms with Crippen LogP contribution >= 0.6 is 0 Å². The molecular weight excluding hydrogens is 182 g/mol. The molecule has 14 heavy (non-hydrogen) atoms. The summed E-state index contributed by atoms with van der Waals surface area (Å²) >= 11 is 0. The van der Waals surface area contributed by atoms with E-state index in [1.807, 2.05) is 0 Å². The van der Waals surface area contributed by atoms with E-state index in [0.29, 0.717) is 11.8 Å². The Morgan fingerprint density at radius 2 is 2.36 bits per heavy atom. The zero-order valence-electron chi connectivity index (χ0n) is 7.23. The molecule has 0 aliphatic heterocycles. The summed E-state index contributed by atoms with van der Waals surface area (Å²) in [7, 11) is 0. The molecule has 0 spiro atoms. The van der Waals surface area contributed by atoms with E-state index in [1.165, 1.54) is 18.5 Å². The van der Waals surface area contributed by atoms with E-state index in [-0.39, 0.29) is 12.0 Å². The number of aromatic nitrogens is 1. The molecule has 1 rings (SSSR count). The molecule has 0 bridgehead atoms. The number of aromatic carboxylic acids is 1. The third kappa shape index (κ3) is 2.72. The molecule has 1 aromatic rings. The van der Waals surface area contributed by atoms with E-state index in [2.05, 4.69) is 16.8 Å². The minimum atomic E-state index is -1.04. The molecule has 0 atom stereocenters. The number of nitrogens with zero attached hydrogens (tertiary/aromatic N) is 1. The summed E-state index contributed by atoms with van der Waals surface area (Å²) in [4.78, 5) is 24.2. The first-order chi connectivity index (χ1) is 6.74. The van der Waals surface area contributed by atoms with Crippen molar-refractivity contribution in [1.29, 1.82) is 0 Å². The Morgan fingerprint density at radius 1 is 1.57 bits per heavy atom. The standard InChI is InChI=1S/C10H7NO3/c12-4-2-1-3-8-5-9(10(13)14)7-11-6-8/h4-7H,2H2,(H,13,14). The van der Waals surface area contributed by atoms with Gasteiger partial charge in [0.2, 0.25) is 0 Å². The molecule has 1 aromatic heterocycles. The average molecular weight is 189 g/mol. The van der Waals surface area contributed by atoms with Crippen LogP contribution in [0.3, 0.4) is 0 Å². The molecule has 4 heteroatoms. The summed E-state index contributed by atoms with van der Waals surface area (Å²) in [6.07, 6.45) is 3.51. The molecular formula is C10H7NO3. The average Bonchev–Trinajstić information content (AvgIpc) is 2.19. The van der Waals surface area contributed by atoms with Crippen molar-refractivity contribution >= 4 is 12.3 Å². The van der Waals surface area contributed by atoms with Crippen molar-refractivity contribution in [3.05, 3.63) is 29.6 Å².